The molecule has 150 valence electrons. The quantitative estimate of drug-likeness (QED) is 0.787. The van der Waals surface area contributed by atoms with Crippen LogP contribution in [0.1, 0.15) is 5.56 Å². The number of anilines is 1. The van der Waals surface area contributed by atoms with Gasteiger partial charge in [-0.15, -0.1) is 0 Å². The van der Waals surface area contributed by atoms with Gasteiger partial charge < -0.3 is 10.2 Å². The molecule has 0 saturated carbocycles. The fourth-order valence-electron chi connectivity index (χ4n) is 2.81. The second kappa shape index (κ2) is 7.80. The van der Waals surface area contributed by atoms with Crippen LogP contribution in [0.3, 0.4) is 0 Å². The van der Waals surface area contributed by atoms with Crippen molar-refractivity contribution in [2.24, 2.45) is 0 Å². The predicted molar refractivity (Wildman–Crippen MR) is 96.8 cm³/mol. The topological polar surface area (TPSA) is 69.7 Å². The summed E-state index contributed by atoms with van der Waals surface area (Å²) >= 11 is 0. The van der Waals surface area contributed by atoms with Crippen LogP contribution >= 0.6 is 0 Å². The second-order valence-corrected chi connectivity index (χ2v) is 8.30. The van der Waals surface area contributed by atoms with Crippen molar-refractivity contribution in [1.82, 2.24) is 9.21 Å². The number of benzene rings is 2. The number of urea groups is 1. The van der Waals surface area contributed by atoms with E-state index in [2.05, 4.69) is 5.32 Å². The molecule has 2 aromatic carbocycles. The van der Waals surface area contributed by atoms with Crippen LogP contribution in [0.5, 0.6) is 0 Å². The molecule has 1 N–H and O–H groups in total. The molecule has 3 rings (SSSR count). The zero-order valence-electron chi connectivity index (χ0n) is 15.0. The van der Waals surface area contributed by atoms with E-state index < -0.39 is 39.2 Å². The van der Waals surface area contributed by atoms with E-state index in [1.807, 2.05) is 6.92 Å². The lowest BCUT2D eigenvalue weighted by Gasteiger charge is -2.34. The van der Waals surface area contributed by atoms with Gasteiger partial charge in [-0.3, -0.25) is 0 Å². The number of halogens is 3. The molecule has 0 unspecified atom stereocenters. The second-order valence-electron chi connectivity index (χ2n) is 6.36. The summed E-state index contributed by atoms with van der Waals surface area (Å²) in [7, 11) is -3.68. The minimum absolute atomic E-state index is 0.0594. The molecule has 28 heavy (non-hydrogen) atoms. The van der Waals surface area contributed by atoms with Crippen molar-refractivity contribution in [1.29, 1.82) is 0 Å². The number of carbonyl (C=O) groups is 1. The third-order valence-electron chi connectivity index (χ3n) is 4.46. The fraction of sp³-hybridized carbons (Fsp3) is 0.278. The first-order valence-electron chi connectivity index (χ1n) is 8.46. The highest BCUT2D eigenvalue weighted by Crippen LogP contribution is 2.21. The van der Waals surface area contributed by atoms with Crippen molar-refractivity contribution < 1.29 is 26.4 Å². The first-order valence-corrected chi connectivity index (χ1v) is 9.90. The van der Waals surface area contributed by atoms with Gasteiger partial charge in [0.05, 0.1) is 10.6 Å². The van der Waals surface area contributed by atoms with Gasteiger partial charge in [-0.1, -0.05) is 17.7 Å². The molecule has 0 aromatic heterocycles. The molecule has 0 radical (unpaired) electrons. The molecule has 10 heteroatoms. The largest absolute Gasteiger partial charge is 0.322 e. The number of rotatable bonds is 3. The number of sulfonamides is 1. The lowest BCUT2D eigenvalue weighted by atomic mass is 10.2. The smallest absolute Gasteiger partial charge is 0.322 e. The fourth-order valence-corrected chi connectivity index (χ4v) is 4.23. The van der Waals surface area contributed by atoms with Gasteiger partial charge in [0.1, 0.15) is 0 Å². The summed E-state index contributed by atoms with van der Waals surface area (Å²) in [6.07, 6.45) is 0. The Labute approximate surface area is 160 Å². The number of aryl methyl sites for hydroxylation is 1. The van der Waals surface area contributed by atoms with Crippen LogP contribution in [0.2, 0.25) is 0 Å². The summed E-state index contributed by atoms with van der Waals surface area (Å²) in [6, 6.07) is 7.35. The van der Waals surface area contributed by atoms with Crippen LogP contribution < -0.4 is 5.32 Å². The molecule has 1 saturated heterocycles. The number of hydrogen-bond acceptors (Lipinski definition) is 3. The van der Waals surface area contributed by atoms with E-state index in [1.165, 1.54) is 21.3 Å². The van der Waals surface area contributed by atoms with Gasteiger partial charge in [-0.05, 0) is 31.2 Å². The summed E-state index contributed by atoms with van der Waals surface area (Å²) in [6.45, 7) is 2.11. The molecule has 0 atom stereocenters. The van der Waals surface area contributed by atoms with Crippen molar-refractivity contribution in [2.45, 2.75) is 11.8 Å². The molecule has 0 spiro atoms. The average molecular weight is 413 g/mol. The highest BCUT2D eigenvalue weighted by Gasteiger charge is 2.30. The van der Waals surface area contributed by atoms with E-state index in [0.717, 1.165) is 11.6 Å². The van der Waals surface area contributed by atoms with Gasteiger partial charge in [0.25, 0.3) is 0 Å². The first kappa shape index (κ1) is 20.2. The Morgan fingerprint density at radius 2 is 1.54 bits per heavy atom. The number of hydrogen-bond donors (Lipinski definition) is 1. The van der Waals surface area contributed by atoms with Gasteiger partial charge >= 0.3 is 6.03 Å². The summed E-state index contributed by atoms with van der Waals surface area (Å²) in [5, 5.41) is 2.18. The molecule has 1 aliphatic heterocycles. The van der Waals surface area contributed by atoms with E-state index in [0.29, 0.717) is 6.07 Å². The molecule has 1 fully saturated rings. The number of nitrogens with one attached hydrogen (secondary N) is 1. The Hall–Kier alpha value is -2.59. The van der Waals surface area contributed by atoms with E-state index >= 15 is 0 Å². The predicted octanol–water partition coefficient (Wildman–Crippen LogP) is 2.95. The highest BCUT2D eigenvalue weighted by molar-refractivity contribution is 7.89. The Morgan fingerprint density at radius 1 is 0.929 bits per heavy atom. The summed E-state index contributed by atoms with van der Waals surface area (Å²) in [5.74, 6) is -4.52. The van der Waals surface area contributed by atoms with Gasteiger partial charge in [0.15, 0.2) is 17.5 Å². The normalized spacial score (nSPS) is 15.5. The van der Waals surface area contributed by atoms with Gasteiger partial charge in [0.2, 0.25) is 10.0 Å². The first-order chi connectivity index (χ1) is 13.2. The molecule has 2 amide bonds. The zero-order valence-corrected chi connectivity index (χ0v) is 15.8. The zero-order chi connectivity index (χ0) is 20.5. The summed E-state index contributed by atoms with van der Waals surface area (Å²) < 4.78 is 66.5. The molecule has 6 nitrogen and oxygen atoms in total. The molecular weight excluding hydrogens is 395 g/mol. The molecule has 2 aromatic rings. The Morgan fingerprint density at radius 3 is 2.14 bits per heavy atom. The number of nitrogens with zero attached hydrogens (tertiary/aromatic N) is 2. The highest BCUT2D eigenvalue weighted by atomic mass is 32.2. The lowest BCUT2D eigenvalue weighted by molar-refractivity contribution is 0.184. The standard InChI is InChI=1S/C18H18F3N3O3S/c1-12-2-4-13(5-3-12)28(26,27)24-10-8-23(9-11-24)18(25)22-15-7-6-14(19)16(20)17(15)21/h2-7H,8-11H2,1H3,(H,22,25). The van der Waals surface area contributed by atoms with Crippen molar-refractivity contribution in [3.05, 3.63) is 59.4 Å². The van der Waals surface area contributed by atoms with E-state index in [-0.39, 0.29) is 31.1 Å². The van der Waals surface area contributed by atoms with Crippen molar-refractivity contribution >= 4 is 21.7 Å². The average Bonchev–Trinajstić information content (AvgIpc) is 2.69. The molecule has 1 heterocycles. The third-order valence-corrected chi connectivity index (χ3v) is 6.37. The van der Waals surface area contributed by atoms with Crippen LogP contribution in [0.15, 0.2) is 41.3 Å². The van der Waals surface area contributed by atoms with Crippen LogP contribution in [0.25, 0.3) is 0 Å². The maximum absolute atomic E-state index is 13.7. The number of piperazine rings is 1. The van der Waals surface area contributed by atoms with Gasteiger partial charge in [-0.2, -0.15) is 4.31 Å². The van der Waals surface area contributed by atoms with Crippen molar-refractivity contribution in [2.75, 3.05) is 31.5 Å². The molecule has 1 aliphatic rings. The minimum Gasteiger partial charge on any atom is -0.322 e. The third kappa shape index (κ3) is 3.97. The van der Waals surface area contributed by atoms with E-state index in [9.17, 15) is 26.4 Å². The number of amides is 2. The van der Waals surface area contributed by atoms with Crippen LogP contribution in [-0.4, -0.2) is 49.8 Å². The van der Waals surface area contributed by atoms with E-state index in [4.69, 9.17) is 0 Å². The summed E-state index contributed by atoms with van der Waals surface area (Å²) in [5.41, 5.74) is 0.448. The maximum Gasteiger partial charge on any atom is 0.322 e. The SMILES string of the molecule is Cc1ccc(S(=O)(=O)N2CCN(C(=O)Nc3ccc(F)c(F)c3F)CC2)cc1. The van der Waals surface area contributed by atoms with Crippen molar-refractivity contribution in [3.8, 4) is 0 Å². The Kier molecular flexibility index (Phi) is 5.61. The maximum atomic E-state index is 13.7. The molecule has 0 bridgehead atoms. The van der Waals surface area contributed by atoms with Gasteiger partial charge in [0, 0.05) is 26.2 Å². The monoisotopic (exact) mass is 413 g/mol. The van der Waals surface area contributed by atoms with Crippen LogP contribution in [-0.2, 0) is 10.0 Å². The molecular formula is C18H18F3N3O3S. The lowest BCUT2D eigenvalue weighted by Crippen LogP contribution is -2.51. The molecule has 0 aliphatic carbocycles. The van der Waals surface area contributed by atoms with E-state index in [1.54, 1.807) is 12.1 Å². The Bertz CT molecular complexity index is 989. The van der Waals surface area contributed by atoms with Crippen molar-refractivity contribution in [3.63, 3.8) is 0 Å². The van der Waals surface area contributed by atoms with Crippen LogP contribution in [0.4, 0.5) is 23.7 Å². The van der Waals surface area contributed by atoms with Crippen LogP contribution in [0, 0.1) is 24.4 Å². The summed E-state index contributed by atoms with van der Waals surface area (Å²) in [4.78, 5) is 13.7. The Balaban J connectivity index is 1.64. The number of carbonyl (C=O) groups excluding carboxylic acids is 1. The minimum atomic E-state index is -3.68. The van der Waals surface area contributed by atoms with Gasteiger partial charge in [-0.25, -0.2) is 26.4 Å².